The second kappa shape index (κ2) is 8.80. The minimum atomic E-state index is -0.457. The highest BCUT2D eigenvalue weighted by Gasteiger charge is 2.35. The average Bonchev–Trinajstić information content (AvgIpc) is 3.60. The SMILES string of the molecule is COc1ccc(N2CC(C(=O)Nc3cc(C)nn3-c3nc(-c4cccs4)cs3)CC2=O)cc1. The highest BCUT2D eigenvalue weighted by molar-refractivity contribution is 7.15. The number of aryl methyl sites for hydroxylation is 1. The van der Waals surface area contributed by atoms with E-state index in [0.717, 1.165) is 22.0 Å². The second-order valence-electron chi connectivity index (χ2n) is 7.67. The summed E-state index contributed by atoms with van der Waals surface area (Å²) in [5.74, 6) is 0.509. The summed E-state index contributed by atoms with van der Waals surface area (Å²) in [6.45, 7) is 2.19. The Labute approximate surface area is 198 Å². The number of carbonyl (C=O) groups is 2. The molecule has 0 spiro atoms. The highest BCUT2D eigenvalue weighted by atomic mass is 32.1. The molecule has 1 atom stereocenters. The van der Waals surface area contributed by atoms with Gasteiger partial charge in [-0.15, -0.1) is 22.7 Å². The molecule has 2 amide bonds. The summed E-state index contributed by atoms with van der Waals surface area (Å²) in [6, 6.07) is 13.1. The summed E-state index contributed by atoms with van der Waals surface area (Å²) in [4.78, 5) is 33.1. The highest BCUT2D eigenvalue weighted by Crippen LogP contribution is 2.30. The smallest absolute Gasteiger partial charge is 0.230 e. The van der Waals surface area contributed by atoms with Crippen LogP contribution in [-0.4, -0.2) is 40.2 Å². The molecule has 5 rings (SSSR count). The van der Waals surface area contributed by atoms with Crippen molar-refractivity contribution >= 4 is 46.0 Å². The molecule has 8 nitrogen and oxygen atoms in total. The molecule has 4 heterocycles. The first-order valence-electron chi connectivity index (χ1n) is 10.3. The van der Waals surface area contributed by atoms with Crippen LogP contribution in [0.25, 0.3) is 15.7 Å². The van der Waals surface area contributed by atoms with Crippen LogP contribution in [0.2, 0.25) is 0 Å². The number of benzene rings is 1. The van der Waals surface area contributed by atoms with Crippen molar-refractivity contribution in [2.24, 2.45) is 5.92 Å². The van der Waals surface area contributed by atoms with Gasteiger partial charge in [-0.05, 0) is 42.6 Å². The Bertz CT molecular complexity index is 1290. The summed E-state index contributed by atoms with van der Waals surface area (Å²) >= 11 is 3.08. The van der Waals surface area contributed by atoms with Crippen molar-refractivity contribution < 1.29 is 14.3 Å². The normalized spacial score (nSPS) is 15.8. The monoisotopic (exact) mass is 479 g/mol. The molecule has 1 fully saturated rings. The van der Waals surface area contributed by atoms with Crippen molar-refractivity contribution in [3.63, 3.8) is 0 Å². The van der Waals surface area contributed by atoms with E-state index in [0.29, 0.717) is 23.2 Å². The molecule has 4 aromatic rings. The predicted molar refractivity (Wildman–Crippen MR) is 129 cm³/mol. The Kier molecular flexibility index (Phi) is 5.69. The number of anilines is 2. The van der Waals surface area contributed by atoms with Gasteiger partial charge in [-0.2, -0.15) is 9.78 Å². The lowest BCUT2D eigenvalue weighted by Gasteiger charge is -2.17. The van der Waals surface area contributed by atoms with E-state index in [9.17, 15) is 9.59 Å². The summed E-state index contributed by atoms with van der Waals surface area (Å²) in [6.07, 6.45) is 0.157. The summed E-state index contributed by atoms with van der Waals surface area (Å²) in [5, 5.41) is 12.1. The van der Waals surface area contributed by atoms with E-state index in [1.807, 2.05) is 48.0 Å². The molecule has 1 aliphatic heterocycles. The van der Waals surface area contributed by atoms with Gasteiger partial charge in [-0.25, -0.2) is 4.98 Å². The largest absolute Gasteiger partial charge is 0.497 e. The zero-order valence-corrected chi connectivity index (χ0v) is 19.7. The molecule has 1 saturated heterocycles. The molecule has 0 bridgehead atoms. The van der Waals surface area contributed by atoms with Gasteiger partial charge in [-0.1, -0.05) is 6.07 Å². The van der Waals surface area contributed by atoms with E-state index in [2.05, 4.69) is 15.4 Å². The van der Waals surface area contributed by atoms with E-state index < -0.39 is 5.92 Å². The van der Waals surface area contributed by atoms with E-state index in [1.54, 1.807) is 40.2 Å². The molecule has 1 aliphatic rings. The fraction of sp³-hybridized carbons (Fsp3) is 0.217. The van der Waals surface area contributed by atoms with Crippen molar-refractivity contribution in [2.45, 2.75) is 13.3 Å². The Morgan fingerprint density at radius 2 is 2.03 bits per heavy atom. The number of aromatic nitrogens is 3. The number of amides is 2. The maximum absolute atomic E-state index is 13.1. The van der Waals surface area contributed by atoms with Gasteiger partial charge in [0.25, 0.3) is 0 Å². The van der Waals surface area contributed by atoms with Crippen LogP contribution in [0, 0.1) is 12.8 Å². The number of nitrogens with one attached hydrogen (secondary N) is 1. The number of carbonyl (C=O) groups excluding carboxylic acids is 2. The van der Waals surface area contributed by atoms with Crippen LogP contribution >= 0.6 is 22.7 Å². The number of ether oxygens (including phenoxy) is 1. The van der Waals surface area contributed by atoms with Crippen molar-refractivity contribution in [2.75, 3.05) is 23.9 Å². The summed E-state index contributed by atoms with van der Waals surface area (Å²) < 4.78 is 6.82. The van der Waals surface area contributed by atoms with Crippen LogP contribution in [0.1, 0.15) is 12.1 Å². The van der Waals surface area contributed by atoms with Crippen molar-refractivity contribution in [3.8, 4) is 21.5 Å². The van der Waals surface area contributed by atoms with Crippen molar-refractivity contribution in [1.29, 1.82) is 0 Å². The lowest BCUT2D eigenvalue weighted by molar-refractivity contribution is -0.122. The van der Waals surface area contributed by atoms with Crippen LogP contribution in [0.5, 0.6) is 5.75 Å². The Morgan fingerprint density at radius 3 is 2.76 bits per heavy atom. The van der Waals surface area contributed by atoms with Gasteiger partial charge >= 0.3 is 0 Å². The number of thiophene rings is 1. The molecule has 0 aliphatic carbocycles. The van der Waals surface area contributed by atoms with Gasteiger partial charge in [-0.3, -0.25) is 9.59 Å². The zero-order valence-electron chi connectivity index (χ0n) is 18.0. The van der Waals surface area contributed by atoms with E-state index in [-0.39, 0.29) is 18.2 Å². The van der Waals surface area contributed by atoms with E-state index in [4.69, 9.17) is 4.74 Å². The molecule has 1 aromatic carbocycles. The first kappa shape index (κ1) is 21.4. The van der Waals surface area contributed by atoms with Crippen LogP contribution in [0.4, 0.5) is 11.5 Å². The molecule has 0 radical (unpaired) electrons. The maximum atomic E-state index is 13.1. The topological polar surface area (TPSA) is 89.3 Å². The fourth-order valence-corrected chi connectivity index (χ4v) is 5.30. The number of hydrogen-bond donors (Lipinski definition) is 1. The molecule has 168 valence electrons. The van der Waals surface area contributed by atoms with Gasteiger partial charge in [0, 0.05) is 30.1 Å². The number of thiazole rings is 1. The summed E-state index contributed by atoms with van der Waals surface area (Å²) in [5.41, 5.74) is 2.40. The van der Waals surface area contributed by atoms with E-state index in [1.165, 1.54) is 11.3 Å². The Balaban J connectivity index is 1.32. The van der Waals surface area contributed by atoms with Gasteiger partial charge in [0.15, 0.2) is 0 Å². The third-order valence-corrected chi connectivity index (χ3v) is 7.12. The molecule has 1 N–H and O–H groups in total. The van der Waals surface area contributed by atoms with Crippen molar-refractivity contribution in [1.82, 2.24) is 14.8 Å². The van der Waals surface area contributed by atoms with Gasteiger partial charge < -0.3 is 15.0 Å². The number of methoxy groups -OCH3 is 1. The molecular weight excluding hydrogens is 458 g/mol. The maximum Gasteiger partial charge on any atom is 0.230 e. The number of rotatable bonds is 6. The first-order chi connectivity index (χ1) is 16.0. The van der Waals surface area contributed by atoms with Crippen LogP contribution in [0.3, 0.4) is 0 Å². The Morgan fingerprint density at radius 1 is 1.21 bits per heavy atom. The summed E-state index contributed by atoms with van der Waals surface area (Å²) in [7, 11) is 1.59. The van der Waals surface area contributed by atoms with Gasteiger partial charge in [0.05, 0.1) is 29.3 Å². The third kappa shape index (κ3) is 4.27. The third-order valence-electron chi connectivity index (χ3n) is 5.41. The van der Waals surface area contributed by atoms with Gasteiger partial charge in [0.1, 0.15) is 11.6 Å². The lowest BCUT2D eigenvalue weighted by atomic mass is 10.1. The number of hydrogen-bond acceptors (Lipinski definition) is 7. The molecule has 10 heteroatoms. The molecule has 1 unspecified atom stereocenters. The molecule has 33 heavy (non-hydrogen) atoms. The lowest BCUT2D eigenvalue weighted by Crippen LogP contribution is -2.28. The molecule has 3 aromatic heterocycles. The first-order valence-corrected chi connectivity index (χ1v) is 12.1. The number of nitrogens with zero attached hydrogens (tertiary/aromatic N) is 4. The quantitative estimate of drug-likeness (QED) is 0.444. The minimum Gasteiger partial charge on any atom is -0.497 e. The fourth-order valence-electron chi connectivity index (χ4n) is 3.76. The van der Waals surface area contributed by atoms with Crippen LogP contribution in [-0.2, 0) is 9.59 Å². The van der Waals surface area contributed by atoms with Crippen LogP contribution < -0.4 is 15.0 Å². The standard InChI is InChI=1S/C23H21N5O3S2/c1-14-10-20(28(26-14)23-24-18(13-33-23)19-4-3-9-32-19)25-22(30)15-11-21(29)27(12-15)16-5-7-17(31-2)8-6-16/h3-10,13,15H,11-12H2,1-2H3,(H,25,30). The molecule has 0 saturated carbocycles. The average molecular weight is 480 g/mol. The predicted octanol–water partition coefficient (Wildman–Crippen LogP) is 4.37. The van der Waals surface area contributed by atoms with E-state index >= 15 is 0 Å². The minimum absolute atomic E-state index is 0.0782. The van der Waals surface area contributed by atoms with Gasteiger partial charge in [0.2, 0.25) is 16.9 Å². The Hall–Kier alpha value is -3.50. The molecular formula is C23H21N5O3S2. The second-order valence-corrected chi connectivity index (χ2v) is 9.45. The zero-order chi connectivity index (χ0) is 22.9. The van der Waals surface area contributed by atoms with Crippen LogP contribution in [0.15, 0.2) is 53.2 Å². The van der Waals surface area contributed by atoms with Crippen molar-refractivity contribution in [3.05, 3.63) is 58.9 Å².